The fourth-order valence-electron chi connectivity index (χ4n) is 4.63. The van der Waals surface area contributed by atoms with Crippen LogP contribution in [0, 0.1) is 5.92 Å². The monoisotopic (exact) mass is 480 g/mol. The van der Waals surface area contributed by atoms with E-state index in [9.17, 15) is 13.2 Å². The maximum absolute atomic E-state index is 13.0. The van der Waals surface area contributed by atoms with Crippen LogP contribution in [-0.4, -0.2) is 19.5 Å². The predicted octanol–water partition coefficient (Wildman–Crippen LogP) is 5.67. The molecule has 1 aliphatic heterocycles. The molecule has 0 bridgehead atoms. The van der Waals surface area contributed by atoms with Crippen LogP contribution in [0.5, 0.6) is 0 Å². The Hall–Kier alpha value is -3.29. The highest BCUT2D eigenvalue weighted by Gasteiger charge is 2.38. The van der Waals surface area contributed by atoms with Crippen molar-refractivity contribution in [1.29, 1.82) is 0 Å². The Labute approximate surface area is 197 Å². The van der Waals surface area contributed by atoms with Crippen LogP contribution >= 0.6 is 11.6 Å². The first-order valence-corrected chi connectivity index (χ1v) is 12.4. The topological polar surface area (TPSA) is 95.5 Å². The third kappa shape index (κ3) is 4.10. The summed E-state index contributed by atoms with van der Waals surface area (Å²) in [4.78, 5) is 11.2. The highest BCUT2D eigenvalue weighted by Crippen LogP contribution is 2.50. The molecule has 3 aromatic rings. The number of benzene rings is 3. The first-order valence-electron chi connectivity index (χ1n) is 10.5. The quantitative estimate of drug-likeness (QED) is 0.409. The van der Waals surface area contributed by atoms with Crippen molar-refractivity contribution in [3.05, 3.63) is 101 Å². The van der Waals surface area contributed by atoms with Gasteiger partial charge in [0, 0.05) is 22.3 Å². The van der Waals surface area contributed by atoms with Crippen LogP contribution in [0.25, 0.3) is 0 Å². The van der Waals surface area contributed by atoms with Crippen LogP contribution in [0.4, 0.5) is 11.4 Å². The maximum Gasteiger partial charge on any atom is 0.335 e. The van der Waals surface area contributed by atoms with E-state index in [0.29, 0.717) is 10.7 Å². The minimum atomic E-state index is -3.84. The fourth-order valence-corrected chi connectivity index (χ4v) is 5.85. The van der Waals surface area contributed by atoms with Gasteiger partial charge >= 0.3 is 5.97 Å². The molecule has 2 unspecified atom stereocenters. The SMILES string of the molecule is O=C(O)c1ccc(NS(=O)(=O)c2ccc3c(c2)C2C=CCC2[C@@H](c2ccc(Cl)cc2)N3)cc1. The fraction of sp³-hybridized carbons (Fsp3) is 0.160. The Bertz CT molecular complexity index is 1350. The van der Waals surface area contributed by atoms with Gasteiger partial charge in [-0.05, 0) is 78.1 Å². The van der Waals surface area contributed by atoms with Gasteiger partial charge < -0.3 is 10.4 Å². The maximum atomic E-state index is 13.0. The average molecular weight is 481 g/mol. The number of aromatic carboxylic acids is 1. The van der Waals surface area contributed by atoms with Crippen molar-refractivity contribution < 1.29 is 18.3 Å². The Morgan fingerprint density at radius 2 is 1.76 bits per heavy atom. The summed E-state index contributed by atoms with van der Waals surface area (Å²) < 4.78 is 28.6. The van der Waals surface area contributed by atoms with Gasteiger partial charge in [0.25, 0.3) is 10.0 Å². The molecule has 3 atom stereocenters. The summed E-state index contributed by atoms with van der Waals surface area (Å²) in [6.07, 6.45) is 5.20. The van der Waals surface area contributed by atoms with E-state index in [0.717, 1.165) is 23.2 Å². The molecule has 0 saturated heterocycles. The molecule has 0 fully saturated rings. The number of allylic oxidation sites excluding steroid dienone is 2. The molecule has 5 rings (SSSR count). The van der Waals surface area contributed by atoms with Gasteiger partial charge in [-0.1, -0.05) is 35.9 Å². The molecule has 0 spiro atoms. The van der Waals surface area contributed by atoms with Crippen molar-refractivity contribution in [2.24, 2.45) is 5.92 Å². The van der Waals surface area contributed by atoms with Gasteiger partial charge in [0.15, 0.2) is 0 Å². The van der Waals surface area contributed by atoms with Crippen molar-refractivity contribution in [1.82, 2.24) is 0 Å². The lowest BCUT2D eigenvalue weighted by Gasteiger charge is -2.37. The Balaban J connectivity index is 1.45. The van der Waals surface area contributed by atoms with Crippen LogP contribution in [0.15, 0.2) is 83.8 Å². The number of anilines is 2. The Morgan fingerprint density at radius 3 is 2.45 bits per heavy atom. The van der Waals surface area contributed by atoms with Crippen molar-refractivity contribution in [3.8, 4) is 0 Å². The Kier molecular flexibility index (Phi) is 5.38. The molecular weight excluding hydrogens is 460 g/mol. The van der Waals surface area contributed by atoms with E-state index >= 15 is 0 Å². The number of carbonyl (C=O) groups is 1. The average Bonchev–Trinajstić information content (AvgIpc) is 3.29. The van der Waals surface area contributed by atoms with E-state index in [1.807, 2.05) is 30.3 Å². The molecule has 1 heterocycles. The summed E-state index contributed by atoms with van der Waals surface area (Å²) in [5.41, 5.74) is 3.40. The lowest BCUT2D eigenvalue weighted by Crippen LogP contribution is -2.29. The van der Waals surface area contributed by atoms with Crippen molar-refractivity contribution >= 4 is 39.0 Å². The van der Waals surface area contributed by atoms with Crippen LogP contribution < -0.4 is 10.0 Å². The van der Waals surface area contributed by atoms with Gasteiger partial charge in [-0.25, -0.2) is 13.2 Å². The number of hydrogen-bond donors (Lipinski definition) is 3. The lowest BCUT2D eigenvalue weighted by atomic mass is 9.77. The number of halogens is 1. The molecular formula is C25H21ClN2O4S. The van der Waals surface area contributed by atoms with Crippen LogP contribution in [0.1, 0.15) is 39.9 Å². The number of sulfonamides is 1. The van der Waals surface area contributed by atoms with Gasteiger partial charge in [0.1, 0.15) is 0 Å². The Morgan fingerprint density at radius 1 is 1.03 bits per heavy atom. The largest absolute Gasteiger partial charge is 0.478 e. The smallest absolute Gasteiger partial charge is 0.335 e. The van der Waals surface area contributed by atoms with E-state index in [4.69, 9.17) is 16.7 Å². The number of fused-ring (bicyclic) bond motifs is 3. The van der Waals surface area contributed by atoms with Gasteiger partial charge in [0.05, 0.1) is 16.5 Å². The molecule has 168 valence electrons. The van der Waals surface area contributed by atoms with E-state index in [1.165, 1.54) is 24.3 Å². The molecule has 0 aromatic heterocycles. The summed E-state index contributed by atoms with van der Waals surface area (Å²) in [5.74, 6) is -0.692. The molecule has 1 aliphatic carbocycles. The van der Waals surface area contributed by atoms with E-state index in [1.54, 1.807) is 12.1 Å². The number of carboxylic acid groups (broad SMARTS) is 1. The van der Waals surface area contributed by atoms with E-state index in [2.05, 4.69) is 22.2 Å². The zero-order valence-corrected chi connectivity index (χ0v) is 19.0. The number of carboxylic acids is 1. The predicted molar refractivity (Wildman–Crippen MR) is 128 cm³/mol. The van der Waals surface area contributed by atoms with Crippen molar-refractivity contribution in [2.75, 3.05) is 10.0 Å². The minimum Gasteiger partial charge on any atom is -0.478 e. The summed E-state index contributed by atoms with van der Waals surface area (Å²) in [7, 11) is -3.84. The summed E-state index contributed by atoms with van der Waals surface area (Å²) in [5, 5.41) is 13.3. The summed E-state index contributed by atoms with van der Waals surface area (Å²) >= 11 is 6.06. The van der Waals surface area contributed by atoms with Crippen molar-refractivity contribution in [3.63, 3.8) is 0 Å². The molecule has 2 aliphatic rings. The molecule has 8 heteroatoms. The van der Waals surface area contributed by atoms with Crippen LogP contribution in [0.2, 0.25) is 5.02 Å². The first-order chi connectivity index (χ1) is 15.8. The number of rotatable bonds is 5. The van der Waals surface area contributed by atoms with Gasteiger partial charge in [-0.3, -0.25) is 4.72 Å². The number of nitrogens with one attached hydrogen (secondary N) is 2. The lowest BCUT2D eigenvalue weighted by molar-refractivity contribution is 0.0697. The highest BCUT2D eigenvalue weighted by atomic mass is 35.5. The minimum absolute atomic E-state index is 0.0899. The van der Waals surface area contributed by atoms with Gasteiger partial charge in [-0.2, -0.15) is 0 Å². The molecule has 0 radical (unpaired) electrons. The normalized spacial score (nSPS) is 21.1. The van der Waals surface area contributed by atoms with Gasteiger partial charge in [-0.15, -0.1) is 0 Å². The van der Waals surface area contributed by atoms with Crippen molar-refractivity contribution in [2.45, 2.75) is 23.3 Å². The summed E-state index contributed by atoms with van der Waals surface area (Å²) in [6.45, 7) is 0. The third-order valence-electron chi connectivity index (χ3n) is 6.26. The molecule has 33 heavy (non-hydrogen) atoms. The molecule has 3 aromatic carbocycles. The second-order valence-electron chi connectivity index (χ2n) is 8.26. The second-order valence-corrected chi connectivity index (χ2v) is 10.4. The second kappa shape index (κ2) is 8.24. The molecule has 0 saturated carbocycles. The standard InChI is InChI=1S/C25H21ClN2O4S/c26-17-8-4-15(5-9-17)24-21-3-1-2-20(21)22-14-19(12-13-23(22)27-24)33(31,32)28-18-10-6-16(7-11-18)25(29)30/h1-2,4-14,20-21,24,27-28H,3H2,(H,29,30)/t20?,21?,24-/m1/s1. The highest BCUT2D eigenvalue weighted by molar-refractivity contribution is 7.92. The molecule has 6 nitrogen and oxygen atoms in total. The summed E-state index contributed by atoms with van der Waals surface area (Å²) in [6, 6.07) is 18.6. The number of hydrogen-bond acceptors (Lipinski definition) is 4. The van der Waals surface area contributed by atoms with Gasteiger partial charge in [0.2, 0.25) is 0 Å². The van der Waals surface area contributed by atoms with Crippen LogP contribution in [-0.2, 0) is 10.0 Å². The molecule has 3 N–H and O–H groups in total. The molecule has 0 amide bonds. The zero-order chi connectivity index (χ0) is 23.2. The third-order valence-corrected chi connectivity index (χ3v) is 7.89. The first kappa shape index (κ1) is 21.6. The van der Waals surface area contributed by atoms with E-state index < -0.39 is 16.0 Å². The van der Waals surface area contributed by atoms with E-state index in [-0.39, 0.29) is 28.3 Å². The van der Waals surface area contributed by atoms with Crippen LogP contribution in [0.3, 0.4) is 0 Å². The zero-order valence-electron chi connectivity index (χ0n) is 17.4.